The molecule has 0 heterocycles. The highest BCUT2D eigenvalue weighted by molar-refractivity contribution is 5.79. The second kappa shape index (κ2) is 4.05. The minimum absolute atomic E-state index is 0.0196. The Bertz CT molecular complexity index is 339. The zero-order valence-electron chi connectivity index (χ0n) is 9.03. The molecule has 0 bridgehead atoms. The molecule has 2 heteroatoms. The van der Waals surface area contributed by atoms with Crippen LogP contribution in [-0.2, 0) is 16.1 Å². The molecule has 15 heavy (non-hydrogen) atoms. The second-order valence-electron chi connectivity index (χ2n) is 4.20. The monoisotopic (exact) mass is 204 g/mol. The third kappa shape index (κ3) is 2.20. The number of hydrogen-bond acceptors (Lipinski definition) is 2. The van der Waals surface area contributed by atoms with Crippen LogP contribution in [0.15, 0.2) is 30.3 Å². The summed E-state index contributed by atoms with van der Waals surface area (Å²) in [6, 6.07) is 9.81. The molecule has 1 saturated carbocycles. The first kappa shape index (κ1) is 10.2. The smallest absolute Gasteiger partial charge is 0.312 e. The van der Waals surface area contributed by atoms with E-state index in [4.69, 9.17) is 4.74 Å². The molecule has 0 unspecified atom stereocenters. The first-order valence-electron chi connectivity index (χ1n) is 5.48. The molecule has 0 N–H and O–H groups in total. The molecule has 0 aromatic heterocycles. The average Bonchev–Trinajstić information content (AvgIpc) is 3.08. The fourth-order valence-corrected chi connectivity index (χ4v) is 1.73. The lowest BCUT2D eigenvalue weighted by atomic mass is 10.1. The van der Waals surface area contributed by atoms with Crippen LogP contribution in [-0.4, -0.2) is 5.97 Å². The van der Waals surface area contributed by atoms with Crippen molar-refractivity contribution in [1.29, 1.82) is 0 Å². The molecule has 0 saturated heterocycles. The van der Waals surface area contributed by atoms with Crippen LogP contribution in [0.25, 0.3) is 0 Å². The first-order chi connectivity index (χ1) is 7.27. The number of esters is 1. The van der Waals surface area contributed by atoms with E-state index in [1.807, 2.05) is 30.3 Å². The molecule has 1 aliphatic carbocycles. The first-order valence-corrected chi connectivity index (χ1v) is 5.48. The zero-order chi connectivity index (χ0) is 10.7. The SMILES string of the molecule is CCC1(C(=O)OCc2ccccc2)CC1. The van der Waals surface area contributed by atoms with Crippen molar-refractivity contribution in [3.05, 3.63) is 35.9 Å². The van der Waals surface area contributed by atoms with Crippen molar-refractivity contribution in [3.8, 4) is 0 Å². The lowest BCUT2D eigenvalue weighted by Crippen LogP contribution is -2.17. The van der Waals surface area contributed by atoms with E-state index in [2.05, 4.69) is 6.92 Å². The predicted octanol–water partition coefficient (Wildman–Crippen LogP) is 2.92. The van der Waals surface area contributed by atoms with Gasteiger partial charge in [-0.05, 0) is 24.8 Å². The number of ether oxygens (including phenoxy) is 1. The topological polar surface area (TPSA) is 26.3 Å². The van der Waals surface area contributed by atoms with Gasteiger partial charge in [0.2, 0.25) is 0 Å². The molecule has 0 amide bonds. The van der Waals surface area contributed by atoms with E-state index in [0.29, 0.717) is 6.61 Å². The van der Waals surface area contributed by atoms with Gasteiger partial charge < -0.3 is 4.74 Å². The molecule has 1 aromatic rings. The third-order valence-electron chi connectivity index (χ3n) is 3.18. The molecule has 1 fully saturated rings. The summed E-state index contributed by atoms with van der Waals surface area (Å²) < 4.78 is 5.31. The Morgan fingerprint density at radius 2 is 2.00 bits per heavy atom. The van der Waals surface area contributed by atoms with E-state index in [9.17, 15) is 4.79 Å². The van der Waals surface area contributed by atoms with Crippen LogP contribution in [0, 0.1) is 5.41 Å². The lowest BCUT2D eigenvalue weighted by molar-refractivity contribution is -0.151. The molecular weight excluding hydrogens is 188 g/mol. The van der Waals surface area contributed by atoms with Crippen molar-refractivity contribution in [2.45, 2.75) is 32.8 Å². The normalized spacial score (nSPS) is 17.1. The maximum Gasteiger partial charge on any atom is 0.312 e. The highest BCUT2D eigenvalue weighted by Gasteiger charge is 2.49. The van der Waals surface area contributed by atoms with Crippen LogP contribution >= 0.6 is 0 Å². The summed E-state index contributed by atoms with van der Waals surface area (Å²) >= 11 is 0. The number of rotatable bonds is 4. The van der Waals surface area contributed by atoms with E-state index in [0.717, 1.165) is 24.8 Å². The Balaban J connectivity index is 1.86. The highest BCUT2D eigenvalue weighted by Crippen LogP contribution is 2.49. The van der Waals surface area contributed by atoms with E-state index in [-0.39, 0.29) is 11.4 Å². The molecule has 0 spiro atoms. The Morgan fingerprint density at radius 1 is 1.33 bits per heavy atom. The maximum atomic E-state index is 11.7. The second-order valence-corrected chi connectivity index (χ2v) is 4.20. The minimum atomic E-state index is -0.130. The van der Waals surface area contributed by atoms with E-state index in [1.54, 1.807) is 0 Å². The maximum absolute atomic E-state index is 11.7. The van der Waals surface area contributed by atoms with Gasteiger partial charge >= 0.3 is 5.97 Å². The van der Waals surface area contributed by atoms with Gasteiger partial charge in [-0.2, -0.15) is 0 Å². The molecular formula is C13H16O2. The van der Waals surface area contributed by atoms with Crippen LogP contribution in [0.3, 0.4) is 0 Å². The largest absolute Gasteiger partial charge is 0.460 e. The van der Waals surface area contributed by atoms with Crippen molar-refractivity contribution in [2.24, 2.45) is 5.41 Å². The summed E-state index contributed by atoms with van der Waals surface area (Å²) in [5.41, 5.74) is 0.923. The Hall–Kier alpha value is -1.31. The van der Waals surface area contributed by atoms with Gasteiger partial charge in [-0.1, -0.05) is 37.3 Å². The van der Waals surface area contributed by atoms with Crippen molar-refractivity contribution < 1.29 is 9.53 Å². The number of hydrogen-bond donors (Lipinski definition) is 0. The summed E-state index contributed by atoms with van der Waals surface area (Å²) in [5, 5.41) is 0. The molecule has 0 radical (unpaired) electrons. The van der Waals surface area contributed by atoms with Gasteiger partial charge in [-0.3, -0.25) is 4.79 Å². The van der Waals surface area contributed by atoms with Gasteiger partial charge in [-0.25, -0.2) is 0 Å². The predicted molar refractivity (Wildman–Crippen MR) is 58.2 cm³/mol. The number of carbonyl (C=O) groups excluding carboxylic acids is 1. The third-order valence-corrected chi connectivity index (χ3v) is 3.18. The lowest BCUT2D eigenvalue weighted by Gasteiger charge is -2.11. The fraction of sp³-hybridized carbons (Fsp3) is 0.462. The molecule has 1 aromatic carbocycles. The Labute approximate surface area is 90.3 Å². The quantitative estimate of drug-likeness (QED) is 0.705. The average molecular weight is 204 g/mol. The highest BCUT2D eigenvalue weighted by atomic mass is 16.5. The van der Waals surface area contributed by atoms with Crippen LogP contribution in [0.5, 0.6) is 0 Å². The Morgan fingerprint density at radius 3 is 2.53 bits per heavy atom. The molecule has 1 aliphatic rings. The summed E-state index contributed by atoms with van der Waals surface area (Å²) in [7, 11) is 0. The van der Waals surface area contributed by atoms with Gasteiger partial charge in [-0.15, -0.1) is 0 Å². The van der Waals surface area contributed by atoms with E-state index in [1.165, 1.54) is 0 Å². The number of carbonyl (C=O) groups is 1. The van der Waals surface area contributed by atoms with Gasteiger partial charge in [0, 0.05) is 0 Å². The molecule has 80 valence electrons. The van der Waals surface area contributed by atoms with Crippen molar-refractivity contribution in [2.75, 3.05) is 0 Å². The Kier molecular flexibility index (Phi) is 2.76. The summed E-state index contributed by atoms with van der Waals surface area (Å²) in [4.78, 5) is 11.7. The van der Waals surface area contributed by atoms with Gasteiger partial charge in [0.25, 0.3) is 0 Å². The fourth-order valence-electron chi connectivity index (χ4n) is 1.73. The summed E-state index contributed by atoms with van der Waals surface area (Å²) in [6.07, 6.45) is 2.90. The van der Waals surface area contributed by atoms with Crippen LogP contribution in [0.2, 0.25) is 0 Å². The van der Waals surface area contributed by atoms with E-state index < -0.39 is 0 Å². The van der Waals surface area contributed by atoms with Crippen LogP contribution in [0.1, 0.15) is 31.7 Å². The van der Waals surface area contributed by atoms with Crippen molar-refractivity contribution in [3.63, 3.8) is 0 Å². The molecule has 2 nitrogen and oxygen atoms in total. The van der Waals surface area contributed by atoms with Gasteiger partial charge in [0.1, 0.15) is 6.61 Å². The van der Waals surface area contributed by atoms with Gasteiger partial charge in [0.05, 0.1) is 5.41 Å². The van der Waals surface area contributed by atoms with Crippen molar-refractivity contribution in [1.82, 2.24) is 0 Å². The summed E-state index contributed by atoms with van der Waals surface area (Å²) in [6.45, 7) is 2.46. The van der Waals surface area contributed by atoms with E-state index >= 15 is 0 Å². The summed E-state index contributed by atoms with van der Waals surface area (Å²) in [5.74, 6) is -0.0196. The zero-order valence-corrected chi connectivity index (χ0v) is 9.03. The molecule has 0 aliphatic heterocycles. The van der Waals surface area contributed by atoms with Gasteiger partial charge in [0.15, 0.2) is 0 Å². The molecule has 2 rings (SSSR count). The standard InChI is InChI=1S/C13H16O2/c1-2-13(8-9-13)12(14)15-10-11-6-4-3-5-7-11/h3-7H,2,8-10H2,1H3. The minimum Gasteiger partial charge on any atom is -0.460 e. The van der Waals surface area contributed by atoms with Crippen LogP contribution in [0.4, 0.5) is 0 Å². The number of benzene rings is 1. The van der Waals surface area contributed by atoms with Crippen molar-refractivity contribution >= 4 is 5.97 Å². The van der Waals surface area contributed by atoms with Crippen LogP contribution < -0.4 is 0 Å². The molecule has 0 atom stereocenters.